The Morgan fingerprint density at radius 3 is 2.43 bits per heavy atom. The molecule has 4 heteroatoms. The third-order valence-electron chi connectivity index (χ3n) is 3.61. The summed E-state index contributed by atoms with van der Waals surface area (Å²) in [6, 6.07) is 17.8. The molecule has 3 rings (SSSR count). The average molecular weight is 322 g/mol. The third kappa shape index (κ3) is 3.48. The number of thiazole rings is 1. The molecule has 0 fully saturated rings. The van der Waals surface area contributed by atoms with Crippen molar-refractivity contribution < 1.29 is 4.79 Å². The van der Waals surface area contributed by atoms with Gasteiger partial charge in [0.15, 0.2) is 0 Å². The first-order valence-electron chi connectivity index (χ1n) is 7.60. The van der Waals surface area contributed by atoms with Gasteiger partial charge in [-0.25, -0.2) is 4.98 Å². The number of carbonyl (C=O) groups excluding carboxylic acids is 1. The lowest BCUT2D eigenvalue weighted by Crippen LogP contribution is -2.13. The number of aromatic nitrogens is 1. The Morgan fingerprint density at radius 1 is 1.09 bits per heavy atom. The minimum absolute atomic E-state index is 0.169. The minimum Gasteiger partial charge on any atom is -0.321 e. The number of hydrogen-bond acceptors (Lipinski definition) is 3. The van der Waals surface area contributed by atoms with Crippen LogP contribution in [0.4, 0.5) is 5.69 Å². The summed E-state index contributed by atoms with van der Waals surface area (Å²) in [6.07, 6.45) is 0.984. The molecule has 0 saturated heterocycles. The number of nitrogens with one attached hydrogen (secondary N) is 1. The van der Waals surface area contributed by atoms with Gasteiger partial charge < -0.3 is 5.32 Å². The Morgan fingerprint density at radius 2 is 1.78 bits per heavy atom. The molecule has 1 heterocycles. The molecule has 3 aromatic rings. The van der Waals surface area contributed by atoms with Crippen LogP contribution < -0.4 is 5.32 Å². The summed E-state index contributed by atoms with van der Waals surface area (Å²) >= 11 is 1.54. The Kier molecular flexibility index (Phi) is 4.53. The van der Waals surface area contributed by atoms with Gasteiger partial charge >= 0.3 is 0 Å². The highest BCUT2D eigenvalue weighted by molar-refractivity contribution is 7.15. The number of anilines is 1. The van der Waals surface area contributed by atoms with E-state index in [0.29, 0.717) is 5.69 Å². The molecule has 0 bridgehead atoms. The number of hydrogen-bond donors (Lipinski definition) is 1. The Bertz CT molecular complexity index is 807. The highest BCUT2D eigenvalue weighted by Gasteiger charge is 2.18. The minimum atomic E-state index is -0.169. The summed E-state index contributed by atoms with van der Waals surface area (Å²) in [5.41, 5.74) is 3.54. The summed E-state index contributed by atoms with van der Waals surface area (Å²) in [5, 5.41) is 3.82. The fraction of sp³-hybridized carbons (Fsp3) is 0.158. The van der Waals surface area contributed by atoms with Crippen molar-refractivity contribution in [1.82, 2.24) is 4.98 Å². The third-order valence-corrected chi connectivity index (χ3v) is 4.63. The molecular weight excluding hydrogens is 304 g/mol. The summed E-state index contributed by atoms with van der Waals surface area (Å²) in [5.74, 6) is -0.169. The Labute approximate surface area is 140 Å². The Hall–Kier alpha value is -2.46. The maximum absolute atomic E-state index is 12.6. The van der Waals surface area contributed by atoms with Crippen LogP contribution in [0.3, 0.4) is 0 Å². The molecule has 3 nitrogen and oxygen atoms in total. The summed E-state index contributed by atoms with van der Waals surface area (Å²) in [7, 11) is 0. The van der Waals surface area contributed by atoms with E-state index in [4.69, 9.17) is 0 Å². The number of nitrogens with zero attached hydrogens (tertiary/aromatic N) is 1. The lowest BCUT2D eigenvalue weighted by Gasteiger charge is -2.06. The van der Waals surface area contributed by atoms with Crippen LogP contribution in [-0.4, -0.2) is 10.9 Å². The second-order valence-electron chi connectivity index (χ2n) is 5.28. The molecule has 1 amide bonds. The SMILES string of the molecule is CCc1ccc(NC(=O)c2nc(C)sc2-c2ccccc2)cc1. The zero-order valence-electron chi connectivity index (χ0n) is 13.2. The van der Waals surface area contributed by atoms with Gasteiger partial charge in [-0.1, -0.05) is 49.4 Å². The van der Waals surface area contributed by atoms with Crippen molar-refractivity contribution in [3.8, 4) is 10.4 Å². The topological polar surface area (TPSA) is 42.0 Å². The molecule has 0 radical (unpaired) electrons. The van der Waals surface area contributed by atoms with Crippen molar-refractivity contribution in [3.05, 3.63) is 70.9 Å². The normalized spacial score (nSPS) is 10.5. The molecule has 116 valence electrons. The van der Waals surface area contributed by atoms with E-state index in [1.54, 1.807) is 11.3 Å². The molecule has 0 aliphatic carbocycles. The van der Waals surface area contributed by atoms with E-state index in [1.165, 1.54) is 5.56 Å². The molecule has 0 spiro atoms. The zero-order valence-corrected chi connectivity index (χ0v) is 14.0. The second kappa shape index (κ2) is 6.75. The van der Waals surface area contributed by atoms with Crippen LogP contribution in [0.1, 0.15) is 28.0 Å². The highest BCUT2D eigenvalue weighted by Crippen LogP contribution is 2.30. The molecule has 1 N–H and O–H groups in total. The number of aryl methyl sites for hydroxylation is 2. The van der Waals surface area contributed by atoms with E-state index in [-0.39, 0.29) is 5.91 Å². The van der Waals surface area contributed by atoms with Gasteiger partial charge in [0.2, 0.25) is 0 Å². The first-order chi connectivity index (χ1) is 11.2. The lowest BCUT2D eigenvalue weighted by molar-refractivity contribution is 0.102. The van der Waals surface area contributed by atoms with E-state index >= 15 is 0 Å². The molecular formula is C19H18N2OS. The quantitative estimate of drug-likeness (QED) is 0.739. The van der Waals surface area contributed by atoms with Crippen LogP contribution in [0.25, 0.3) is 10.4 Å². The van der Waals surface area contributed by atoms with E-state index in [0.717, 1.165) is 27.6 Å². The zero-order chi connectivity index (χ0) is 16.2. The van der Waals surface area contributed by atoms with Gasteiger partial charge in [-0.15, -0.1) is 11.3 Å². The van der Waals surface area contributed by atoms with Crippen LogP contribution in [0, 0.1) is 6.92 Å². The maximum Gasteiger partial charge on any atom is 0.275 e. The van der Waals surface area contributed by atoms with Gasteiger partial charge in [0.05, 0.1) is 9.88 Å². The first-order valence-corrected chi connectivity index (χ1v) is 8.42. The molecule has 0 aliphatic heterocycles. The van der Waals surface area contributed by atoms with Crippen LogP contribution >= 0.6 is 11.3 Å². The number of rotatable bonds is 4. The van der Waals surface area contributed by atoms with Crippen LogP contribution in [0.15, 0.2) is 54.6 Å². The molecule has 1 aromatic heterocycles. The van der Waals surface area contributed by atoms with Gasteiger partial charge in [0.1, 0.15) is 5.69 Å². The van der Waals surface area contributed by atoms with Crippen molar-refractivity contribution >= 4 is 22.9 Å². The van der Waals surface area contributed by atoms with Gasteiger partial charge in [0, 0.05) is 5.69 Å². The van der Waals surface area contributed by atoms with Crippen molar-refractivity contribution in [3.63, 3.8) is 0 Å². The van der Waals surface area contributed by atoms with Crippen molar-refractivity contribution in [2.75, 3.05) is 5.32 Å². The maximum atomic E-state index is 12.6. The molecule has 2 aromatic carbocycles. The van der Waals surface area contributed by atoms with Gasteiger partial charge in [-0.3, -0.25) is 4.79 Å². The van der Waals surface area contributed by atoms with Crippen LogP contribution in [0.2, 0.25) is 0 Å². The van der Waals surface area contributed by atoms with E-state index < -0.39 is 0 Å². The molecule has 0 saturated carbocycles. The van der Waals surface area contributed by atoms with Gasteiger partial charge in [-0.2, -0.15) is 0 Å². The lowest BCUT2D eigenvalue weighted by atomic mass is 10.1. The fourth-order valence-corrected chi connectivity index (χ4v) is 3.30. The van der Waals surface area contributed by atoms with Crippen molar-refractivity contribution in [1.29, 1.82) is 0 Å². The van der Waals surface area contributed by atoms with Crippen molar-refractivity contribution in [2.45, 2.75) is 20.3 Å². The van der Waals surface area contributed by atoms with Crippen molar-refractivity contribution in [2.24, 2.45) is 0 Å². The van der Waals surface area contributed by atoms with Crippen LogP contribution in [0.5, 0.6) is 0 Å². The smallest absolute Gasteiger partial charge is 0.275 e. The summed E-state index contributed by atoms with van der Waals surface area (Å²) in [6.45, 7) is 4.03. The molecule has 0 unspecified atom stereocenters. The average Bonchev–Trinajstić information content (AvgIpc) is 2.98. The van der Waals surface area contributed by atoms with E-state index in [1.807, 2.05) is 61.5 Å². The van der Waals surface area contributed by atoms with Gasteiger partial charge in [0.25, 0.3) is 5.91 Å². The molecule has 23 heavy (non-hydrogen) atoms. The largest absolute Gasteiger partial charge is 0.321 e. The monoisotopic (exact) mass is 322 g/mol. The summed E-state index contributed by atoms with van der Waals surface area (Å²) in [4.78, 5) is 17.9. The first kappa shape index (κ1) is 15.4. The predicted molar refractivity (Wildman–Crippen MR) is 96.1 cm³/mol. The van der Waals surface area contributed by atoms with E-state index in [9.17, 15) is 4.79 Å². The predicted octanol–water partition coefficient (Wildman–Crippen LogP) is 4.93. The number of benzene rings is 2. The fourth-order valence-electron chi connectivity index (χ4n) is 2.38. The van der Waals surface area contributed by atoms with Crippen LogP contribution in [-0.2, 0) is 6.42 Å². The molecule has 0 aliphatic rings. The second-order valence-corrected chi connectivity index (χ2v) is 6.48. The van der Waals surface area contributed by atoms with E-state index in [2.05, 4.69) is 17.2 Å². The number of carbonyl (C=O) groups is 1. The number of amides is 1. The standard InChI is InChI=1S/C19H18N2OS/c1-3-14-9-11-16(12-10-14)21-19(22)17-18(23-13(2)20-17)15-7-5-4-6-8-15/h4-12H,3H2,1-2H3,(H,21,22). The summed E-state index contributed by atoms with van der Waals surface area (Å²) < 4.78 is 0. The Balaban J connectivity index is 1.87. The molecule has 0 atom stereocenters. The van der Waals surface area contributed by atoms with Gasteiger partial charge in [-0.05, 0) is 36.6 Å². The highest BCUT2D eigenvalue weighted by atomic mass is 32.1.